The molecule has 20 heavy (non-hydrogen) atoms. The van der Waals surface area contributed by atoms with Crippen LogP contribution in [0.25, 0.3) is 0 Å². The molecule has 0 aliphatic heterocycles. The molecule has 2 atom stereocenters. The lowest BCUT2D eigenvalue weighted by Crippen LogP contribution is -2.36. The Morgan fingerprint density at radius 3 is 2.65 bits per heavy atom. The van der Waals surface area contributed by atoms with Crippen molar-refractivity contribution in [1.82, 2.24) is 5.43 Å². The molecule has 0 bridgehead atoms. The van der Waals surface area contributed by atoms with E-state index in [1.165, 1.54) is 16.7 Å². The summed E-state index contributed by atoms with van der Waals surface area (Å²) in [6, 6.07) is 16.8. The summed E-state index contributed by atoms with van der Waals surface area (Å²) in [6.45, 7) is 0. The molecule has 0 saturated carbocycles. The molecule has 0 saturated heterocycles. The number of fused-ring (bicyclic) bond motifs is 1. The number of halogens is 1. The van der Waals surface area contributed by atoms with Crippen molar-refractivity contribution in [1.29, 1.82) is 0 Å². The van der Waals surface area contributed by atoms with Gasteiger partial charge in [0.15, 0.2) is 0 Å². The van der Waals surface area contributed by atoms with Crippen LogP contribution in [0, 0.1) is 5.92 Å². The van der Waals surface area contributed by atoms with Gasteiger partial charge in [0, 0.05) is 11.1 Å². The van der Waals surface area contributed by atoms with E-state index in [9.17, 15) is 0 Å². The molecule has 1 aliphatic rings. The van der Waals surface area contributed by atoms with Crippen LogP contribution in [0.2, 0.25) is 5.02 Å². The average Bonchev–Trinajstić information content (AvgIpc) is 2.48. The molecule has 0 fully saturated rings. The number of nitrogens with two attached hydrogens (primary N) is 1. The van der Waals surface area contributed by atoms with Crippen molar-refractivity contribution >= 4 is 11.6 Å². The van der Waals surface area contributed by atoms with E-state index in [-0.39, 0.29) is 6.04 Å². The third-order valence-corrected chi connectivity index (χ3v) is 4.48. The Balaban J connectivity index is 1.85. The van der Waals surface area contributed by atoms with Crippen molar-refractivity contribution in [3.05, 3.63) is 70.2 Å². The van der Waals surface area contributed by atoms with Crippen LogP contribution in [-0.2, 0) is 12.8 Å². The highest BCUT2D eigenvalue weighted by Gasteiger charge is 2.26. The summed E-state index contributed by atoms with van der Waals surface area (Å²) in [4.78, 5) is 0. The second-order valence-corrected chi connectivity index (χ2v) is 5.91. The predicted octanol–water partition coefficient (Wildman–Crippen LogP) is 3.65. The summed E-state index contributed by atoms with van der Waals surface area (Å²) in [5, 5.41) is 0.763. The Labute approximate surface area is 124 Å². The number of hydrogen-bond donors (Lipinski definition) is 2. The molecule has 3 heteroatoms. The highest BCUT2D eigenvalue weighted by molar-refractivity contribution is 6.30. The minimum Gasteiger partial charge on any atom is -0.271 e. The van der Waals surface area contributed by atoms with Gasteiger partial charge in [-0.3, -0.25) is 11.3 Å². The van der Waals surface area contributed by atoms with Gasteiger partial charge in [-0.15, -0.1) is 0 Å². The first-order valence-electron chi connectivity index (χ1n) is 7.06. The molecule has 0 radical (unpaired) electrons. The molecule has 0 spiro atoms. The van der Waals surface area contributed by atoms with Crippen LogP contribution in [0.3, 0.4) is 0 Å². The molecule has 2 aromatic rings. The van der Waals surface area contributed by atoms with Gasteiger partial charge in [0.2, 0.25) is 0 Å². The van der Waals surface area contributed by atoms with Gasteiger partial charge in [-0.1, -0.05) is 48.0 Å². The number of aryl methyl sites for hydroxylation is 1. The SMILES string of the molecule is NNC(c1cccc(Cl)c1)C1CCc2ccccc2C1. The van der Waals surface area contributed by atoms with E-state index in [0.29, 0.717) is 5.92 Å². The van der Waals surface area contributed by atoms with Gasteiger partial charge >= 0.3 is 0 Å². The highest BCUT2D eigenvalue weighted by atomic mass is 35.5. The van der Waals surface area contributed by atoms with Crippen molar-refractivity contribution in [3.8, 4) is 0 Å². The van der Waals surface area contributed by atoms with E-state index in [1.807, 2.05) is 18.2 Å². The van der Waals surface area contributed by atoms with Gasteiger partial charge in [-0.05, 0) is 54.0 Å². The van der Waals surface area contributed by atoms with Crippen LogP contribution in [0.4, 0.5) is 0 Å². The maximum Gasteiger partial charge on any atom is 0.0491 e. The van der Waals surface area contributed by atoms with Crippen LogP contribution >= 0.6 is 11.6 Å². The number of nitrogens with one attached hydrogen (secondary N) is 1. The first-order valence-corrected chi connectivity index (χ1v) is 7.44. The summed E-state index contributed by atoms with van der Waals surface area (Å²) < 4.78 is 0. The summed E-state index contributed by atoms with van der Waals surface area (Å²) in [6.07, 6.45) is 3.34. The van der Waals surface area contributed by atoms with Crippen molar-refractivity contribution < 1.29 is 0 Å². The summed E-state index contributed by atoms with van der Waals surface area (Å²) in [7, 11) is 0. The molecular weight excluding hydrogens is 268 g/mol. The fourth-order valence-electron chi connectivity index (χ4n) is 3.21. The zero-order valence-corrected chi connectivity index (χ0v) is 12.1. The van der Waals surface area contributed by atoms with Gasteiger partial charge < -0.3 is 0 Å². The maximum absolute atomic E-state index is 6.10. The van der Waals surface area contributed by atoms with Crippen LogP contribution in [0.1, 0.15) is 29.2 Å². The van der Waals surface area contributed by atoms with Crippen molar-refractivity contribution in [2.45, 2.75) is 25.3 Å². The Kier molecular flexibility index (Phi) is 4.06. The summed E-state index contributed by atoms with van der Waals surface area (Å²) in [5.41, 5.74) is 7.09. The number of rotatable bonds is 3. The largest absolute Gasteiger partial charge is 0.271 e. The number of benzene rings is 2. The monoisotopic (exact) mass is 286 g/mol. The Hall–Kier alpha value is -1.35. The Morgan fingerprint density at radius 2 is 1.90 bits per heavy atom. The quantitative estimate of drug-likeness (QED) is 0.668. The molecule has 2 aromatic carbocycles. The van der Waals surface area contributed by atoms with Gasteiger partial charge in [0.1, 0.15) is 0 Å². The molecule has 0 aromatic heterocycles. The Morgan fingerprint density at radius 1 is 1.10 bits per heavy atom. The van der Waals surface area contributed by atoms with E-state index >= 15 is 0 Å². The zero-order valence-electron chi connectivity index (χ0n) is 11.4. The molecule has 2 nitrogen and oxygen atoms in total. The first-order chi connectivity index (χ1) is 9.78. The van der Waals surface area contributed by atoms with Crippen LogP contribution < -0.4 is 11.3 Å². The van der Waals surface area contributed by atoms with Crippen molar-refractivity contribution in [2.75, 3.05) is 0 Å². The zero-order chi connectivity index (χ0) is 13.9. The molecule has 0 heterocycles. The fourth-order valence-corrected chi connectivity index (χ4v) is 3.41. The first kappa shape index (κ1) is 13.6. The van der Waals surface area contributed by atoms with E-state index < -0.39 is 0 Å². The lowest BCUT2D eigenvalue weighted by atomic mass is 9.78. The van der Waals surface area contributed by atoms with Gasteiger partial charge in [-0.25, -0.2) is 0 Å². The molecular formula is C17H19ClN2. The smallest absolute Gasteiger partial charge is 0.0491 e. The number of hydrazine groups is 1. The van der Waals surface area contributed by atoms with Crippen LogP contribution in [-0.4, -0.2) is 0 Å². The lowest BCUT2D eigenvalue weighted by Gasteiger charge is -2.31. The summed E-state index contributed by atoms with van der Waals surface area (Å²) in [5.74, 6) is 6.32. The van der Waals surface area contributed by atoms with Crippen molar-refractivity contribution in [2.24, 2.45) is 11.8 Å². The minimum atomic E-state index is 0.155. The van der Waals surface area contributed by atoms with Gasteiger partial charge in [0.25, 0.3) is 0 Å². The maximum atomic E-state index is 6.10. The molecule has 1 aliphatic carbocycles. The normalized spacial score (nSPS) is 19.4. The van der Waals surface area contributed by atoms with Gasteiger partial charge in [0.05, 0.1) is 0 Å². The van der Waals surface area contributed by atoms with Crippen LogP contribution in [0.15, 0.2) is 48.5 Å². The predicted molar refractivity (Wildman–Crippen MR) is 83.5 cm³/mol. The lowest BCUT2D eigenvalue weighted by molar-refractivity contribution is 0.329. The Bertz CT molecular complexity index is 597. The third-order valence-electron chi connectivity index (χ3n) is 4.24. The molecule has 3 rings (SSSR count). The molecule has 2 unspecified atom stereocenters. The van der Waals surface area contributed by atoms with E-state index in [4.69, 9.17) is 17.4 Å². The van der Waals surface area contributed by atoms with Gasteiger partial charge in [-0.2, -0.15) is 0 Å². The second kappa shape index (κ2) is 5.96. The third kappa shape index (κ3) is 2.73. The standard InChI is InChI=1S/C17H19ClN2/c18-16-7-3-6-14(11-16)17(20-19)15-9-8-12-4-1-2-5-13(12)10-15/h1-7,11,15,17,20H,8-10,19H2. The molecule has 0 amide bonds. The minimum absolute atomic E-state index is 0.155. The average molecular weight is 287 g/mol. The summed E-state index contributed by atoms with van der Waals surface area (Å²) >= 11 is 6.10. The fraction of sp³-hybridized carbons (Fsp3) is 0.294. The topological polar surface area (TPSA) is 38.0 Å². The van der Waals surface area contributed by atoms with E-state index in [1.54, 1.807) is 0 Å². The van der Waals surface area contributed by atoms with Crippen molar-refractivity contribution in [3.63, 3.8) is 0 Å². The number of hydrogen-bond acceptors (Lipinski definition) is 2. The second-order valence-electron chi connectivity index (χ2n) is 5.47. The molecule has 104 valence electrons. The molecule has 3 N–H and O–H groups in total. The van der Waals surface area contributed by atoms with E-state index in [2.05, 4.69) is 35.8 Å². The van der Waals surface area contributed by atoms with E-state index in [0.717, 1.165) is 24.3 Å². The highest BCUT2D eigenvalue weighted by Crippen LogP contribution is 2.34. The van der Waals surface area contributed by atoms with Crippen LogP contribution in [0.5, 0.6) is 0 Å².